The topological polar surface area (TPSA) is 86.7 Å². The number of nitrogens with zero attached hydrogens (tertiary/aromatic N) is 1. The van der Waals surface area contributed by atoms with Crippen molar-refractivity contribution in [3.8, 4) is 0 Å². The summed E-state index contributed by atoms with van der Waals surface area (Å²) in [6.07, 6.45) is 0.167. The first kappa shape index (κ1) is 13.4. The van der Waals surface area contributed by atoms with Crippen molar-refractivity contribution >= 4 is 35.2 Å². The molecule has 0 atom stereocenters. The number of benzene rings is 1. The van der Waals surface area contributed by atoms with Gasteiger partial charge in [0.15, 0.2) is 0 Å². The first-order valence-corrected chi connectivity index (χ1v) is 5.92. The minimum absolute atomic E-state index is 0.00435. The monoisotopic (exact) mass is 282 g/mol. The van der Waals surface area contributed by atoms with Gasteiger partial charge in [-0.1, -0.05) is 11.6 Å². The van der Waals surface area contributed by atoms with Crippen LogP contribution >= 0.6 is 11.6 Å². The second-order valence-corrected chi connectivity index (χ2v) is 4.57. The van der Waals surface area contributed by atoms with Gasteiger partial charge < -0.3 is 5.11 Å². The van der Waals surface area contributed by atoms with Crippen LogP contribution in [-0.4, -0.2) is 29.6 Å². The van der Waals surface area contributed by atoms with Crippen molar-refractivity contribution < 1.29 is 19.5 Å². The van der Waals surface area contributed by atoms with E-state index in [0.29, 0.717) is 11.3 Å². The standard InChI is InChI=1S/C12H11ClN2O4/c1-6-8(13)4-7(11(17)18)5-9(6)15-3-2-10(16)14-12(15)19/h4-5H,2-3H2,1H3,(H,17,18)(H,14,16,19). The van der Waals surface area contributed by atoms with Gasteiger partial charge in [-0.05, 0) is 24.6 Å². The lowest BCUT2D eigenvalue weighted by Crippen LogP contribution is -2.49. The second-order valence-electron chi connectivity index (χ2n) is 4.16. The van der Waals surface area contributed by atoms with Crippen molar-refractivity contribution in [2.45, 2.75) is 13.3 Å². The van der Waals surface area contributed by atoms with Crippen LogP contribution in [0.15, 0.2) is 12.1 Å². The van der Waals surface area contributed by atoms with Gasteiger partial charge in [-0.25, -0.2) is 9.59 Å². The number of rotatable bonds is 2. The molecule has 0 unspecified atom stereocenters. The lowest BCUT2D eigenvalue weighted by atomic mass is 10.1. The lowest BCUT2D eigenvalue weighted by Gasteiger charge is -2.28. The highest BCUT2D eigenvalue weighted by atomic mass is 35.5. The molecule has 0 aliphatic carbocycles. The third kappa shape index (κ3) is 2.53. The normalized spacial score (nSPS) is 15.4. The molecule has 1 aliphatic rings. The lowest BCUT2D eigenvalue weighted by molar-refractivity contribution is -0.120. The molecule has 7 heteroatoms. The molecule has 3 amide bonds. The average molecular weight is 283 g/mol. The molecule has 100 valence electrons. The maximum atomic E-state index is 11.8. The Morgan fingerprint density at radius 2 is 2.11 bits per heavy atom. The molecule has 0 saturated carbocycles. The molecule has 0 aromatic heterocycles. The van der Waals surface area contributed by atoms with E-state index < -0.39 is 12.0 Å². The van der Waals surface area contributed by atoms with Crippen molar-refractivity contribution in [1.29, 1.82) is 0 Å². The fraction of sp³-hybridized carbons (Fsp3) is 0.250. The molecule has 1 aromatic rings. The molecule has 1 heterocycles. The molecule has 1 aliphatic heterocycles. The van der Waals surface area contributed by atoms with E-state index >= 15 is 0 Å². The van der Waals surface area contributed by atoms with Gasteiger partial charge in [0.2, 0.25) is 5.91 Å². The molecule has 0 radical (unpaired) electrons. The van der Waals surface area contributed by atoms with Crippen molar-refractivity contribution in [2.75, 3.05) is 11.4 Å². The Kier molecular flexibility index (Phi) is 3.44. The van der Waals surface area contributed by atoms with Gasteiger partial charge in [0.25, 0.3) is 0 Å². The molecule has 2 rings (SSSR count). The molecular weight excluding hydrogens is 272 g/mol. The van der Waals surface area contributed by atoms with Gasteiger partial charge in [0.05, 0.1) is 11.3 Å². The van der Waals surface area contributed by atoms with Crippen molar-refractivity contribution in [3.63, 3.8) is 0 Å². The fourth-order valence-corrected chi connectivity index (χ4v) is 2.08. The van der Waals surface area contributed by atoms with E-state index in [1.807, 2.05) is 0 Å². The summed E-state index contributed by atoms with van der Waals surface area (Å²) in [4.78, 5) is 35.2. The fourth-order valence-electron chi connectivity index (χ4n) is 1.86. The average Bonchev–Trinajstić information content (AvgIpc) is 2.33. The molecule has 0 bridgehead atoms. The molecule has 6 nitrogen and oxygen atoms in total. The Balaban J connectivity index is 2.46. The summed E-state index contributed by atoms with van der Waals surface area (Å²) in [5.74, 6) is -1.48. The van der Waals surface area contributed by atoms with Crippen LogP contribution < -0.4 is 10.2 Å². The Bertz CT molecular complexity index is 585. The summed E-state index contributed by atoms with van der Waals surface area (Å²) in [6.45, 7) is 1.89. The third-order valence-electron chi connectivity index (χ3n) is 2.91. The van der Waals surface area contributed by atoms with Crippen LogP contribution in [0.3, 0.4) is 0 Å². The highest BCUT2D eigenvalue weighted by molar-refractivity contribution is 6.32. The first-order chi connectivity index (χ1) is 8.90. The van der Waals surface area contributed by atoms with E-state index in [2.05, 4.69) is 5.32 Å². The van der Waals surface area contributed by atoms with Crippen LogP contribution in [-0.2, 0) is 4.79 Å². The summed E-state index contributed by atoms with van der Waals surface area (Å²) >= 11 is 5.97. The van der Waals surface area contributed by atoms with Crippen LogP contribution in [0.25, 0.3) is 0 Å². The number of carboxylic acid groups (broad SMARTS) is 1. The number of halogens is 1. The summed E-state index contributed by atoms with van der Waals surface area (Å²) in [5, 5.41) is 11.4. The van der Waals surface area contributed by atoms with Crippen LogP contribution in [0.5, 0.6) is 0 Å². The Hall–Kier alpha value is -2.08. The summed E-state index contributed by atoms with van der Waals surface area (Å²) in [6, 6.07) is 2.13. The molecule has 2 N–H and O–H groups in total. The zero-order chi connectivity index (χ0) is 14.2. The number of carboxylic acids is 1. The largest absolute Gasteiger partial charge is 0.478 e. The van der Waals surface area contributed by atoms with Crippen molar-refractivity contribution in [2.24, 2.45) is 0 Å². The van der Waals surface area contributed by atoms with Gasteiger partial charge in [-0.3, -0.25) is 15.0 Å². The highest BCUT2D eigenvalue weighted by Crippen LogP contribution is 2.29. The number of carbonyl (C=O) groups is 3. The van der Waals surface area contributed by atoms with E-state index in [1.165, 1.54) is 17.0 Å². The van der Waals surface area contributed by atoms with Gasteiger partial charge >= 0.3 is 12.0 Å². The number of hydrogen-bond donors (Lipinski definition) is 2. The molecule has 1 aromatic carbocycles. The maximum Gasteiger partial charge on any atom is 0.335 e. The van der Waals surface area contributed by atoms with Crippen LogP contribution in [0, 0.1) is 6.92 Å². The number of nitrogens with one attached hydrogen (secondary N) is 1. The molecule has 1 saturated heterocycles. The summed E-state index contributed by atoms with van der Waals surface area (Å²) in [5.41, 5.74) is 0.987. The Labute approximate surface area is 114 Å². The van der Waals surface area contributed by atoms with Crippen LogP contribution in [0.4, 0.5) is 10.5 Å². The highest BCUT2D eigenvalue weighted by Gasteiger charge is 2.26. The quantitative estimate of drug-likeness (QED) is 0.866. The third-order valence-corrected chi connectivity index (χ3v) is 3.30. The zero-order valence-corrected chi connectivity index (χ0v) is 10.8. The summed E-state index contributed by atoms with van der Waals surface area (Å²) in [7, 11) is 0. The minimum atomic E-state index is -1.13. The Morgan fingerprint density at radius 3 is 2.68 bits per heavy atom. The Morgan fingerprint density at radius 1 is 1.42 bits per heavy atom. The van der Waals surface area contributed by atoms with E-state index in [0.717, 1.165) is 0 Å². The molecular formula is C12H11ClN2O4. The molecule has 0 spiro atoms. The van der Waals surface area contributed by atoms with E-state index in [1.54, 1.807) is 6.92 Å². The number of hydrogen-bond acceptors (Lipinski definition) is 3. The first-order valence-electron chi connectivity index (χ1n) is 5.55. The number of aromatic carboxylic acids is 1. The smallest absolute Gasteiger partial charge is 0.335 e. The summed E-state index contributed by atoms with van der Waals surface area (Å²) < 4.78 is 0. The number of anilines is 1. The second kappa shape index (κ2) is 4.89. The number of urea groups is 1. The van der Waals surface area contributed by atoms with Crippen LogP contribution in [0.1, 0.15) is 22.3 Å². The van der Waals surface area contributed by atoms with Crippen LogP contribution in [0.2, 0.25) is 5.02 Å². The molecule has 19 heavy (non-hydrogen) atoms. The van der Waals surface area contributed by atoms with Gasteiger partial charge in [0.1, 0.15) is 0 Å². The minimum Gasteiger partial charge on any atom is -0.478 e. The number of carbonyl (C=O) groups excluding carboxylic acids is 2. The van der Waals surface area contributed by atoms with E-state index in [4.69, 9.17) is 16.7 Å². The SMILES string of the molecule is Cc1c(Cl)cc(C(=O)O)cc1N1CCC(=O)NC1=O. The number of amides is 3. The molecule has 1 fully saturated rings. The van der Waals surface area contributed by atoms with Gasteiger partial charge in [0, 0.05) is 18.0 Å². The predicted octanol–water partition coefficient (Wildman–Crippen LogP) is 1.79. The van der Waals surface area contributed by atoms with Crippen molar-refractivity contribution in [3.05, 3.63) is 28.3 Å². The van der Waals surface area contributed by atoms with Gasteiger partial charge in [-0.15, -0.1) is 0 Å². The predicted molar refractivity (Wildman–Crippen MR) is 68.7 cm³/mol. The van der Waals surface area contributed by atoms with Crippen molar-refractivity contribution in [1.82, 2.24) is 5.32 Å². The number of imide groups is 1. The van der Waals surface area contributed by atoms with Gasteiger partial charge in [-0.2, -0.15) is 0 Å². The zero-order valence-electron chi connectivity index (χ0n) is 10.1. The maximum absolute atomic E-state index is 11.8. The van der Waals surface area contributed by atoms with E-state index in [-0.39, 0.29) is 29.5 Å². The van der Waals surface area contributed by atoms with E-state index in [9.17, 15) is 14.4 Å².